The predicted octanol–water partition coefficient (Wildman–Crippen LogP) is 1.10. The van der Waals surface area contributed by atoms with Crippen LogP contribution in [0.3, 0.4) is 0 Å². The fourth-order valence-electron chi connectivity index (χ4n) is 1.15. The molecule has 92 valence electrons. The van der Waals surface area contributed by atoms with E-state index in [9.17, 15) is 14.9 Å². The van der Waals surface area contributed by atoms with Gasteiger partial charge in [0.2, 0.25) is 0 Å². The zero-order valence-corrected chi connectivity index (χ0v) is 9.85. The Labute approximate surface area is 98.2 Å². The van der Waals surface area contributed by atoms with Gasteiger partial charge in [0.25, 0.3) is 11.6 Å². The molecule has 7 nitrogen and oxygen atoms in total. The molecule has 0 fully saturated rings. The van der Waals surface area contributed by atoms with E-state index >= 15 is 0 Å². The van der Waals surface area contributed by atoms with Gasteiger partial charge in [0, 0.05) is 11.6 Å². The van der Waals surface area contributed by atoms with Gasteiger partial charge in [-0.1, -0.05) is 0 Å². The van der Waals surface area contributed by atoms with Crippen molar-refractivity contribution in [3.05, 3.63) is 27.9 Å². The Bertz CT molecular complexity index is 465. The second kappa shape index (κ2) is 4.36. The van der Waals surface area contributed by atoms with Crippen LogP contribution >= 0.6 is 0 Å². The van der Waals surface area contributed by atoms with Crippen LogP contribution in [0.25, 0.3) is 0 Å². The van der Waals surface area contributed by atoms with Crippen LogP contribution in [0.1, 0.15) is 31.1 Å². The highest BCUT2D eigenvalue weighted by molar-refractivity contribution is 5.99. The molecular formula is C10H14N4O3. The van der Waals surface area contributed by atoms with Crippen molar-refractivity contribution in [3.8, 4) is 0 Å². The Morgan fingerprint density at radius 3 is 2.59 bits per heavy atom. The molecule has 0 unspecified atom stereocenters. The number of nitrogen functional groups attached to an aromatic ring is 1. The molecule has 17 heavy (non-hydrogen) atoms. The van der Waals surface area contributed by atoms with Gasteiger partial charge in [-0.3, -0.25) is 14.9 Å². The summed E-state index contributed by atoms with van der Waals surface area (Å²) in [6.07, 6.45) is 1.02. The molecular weight excluding hydrogens is 224 g/mol. The summed E-state index contributed by atoms with van der Waals surface area (Å²) >= 11 is 0. The smallest absolute Gasteiger partial charge is 0.288 e. The minimum Gasteiger partial charge on any atom is -0.383 e. The highest BCUT2D eigenvalue weighted by Gasteiger charge is 2.20. The van der Waals surface area contributed by atoms with Crippen molar-refractivity contribution in [3.63, 3.8) is 0 Å². The van der Waals surface area contributed by atoms with Gasteiger partial charge in [-0.15, -0.1) is 0 Å². The topological polar surface area (TPSA) is 111 Å². The summed E-state index contributed by atoms with van der Waals surface area (Å²) in [5.41, 5.74) is 4.81. The van der Waals surface area contributed by atoms with E-state index < -0.39 is 16.4 Å². The lowest BCUT2D eigenvalue weighted by Crippen LogP contribution is -2.40. The molecule has 1 rings (SSSR count). The molecule has 0 saturated heterocycles. The lowest BCUT2D eigenvalue weighted by atomic mass is 10.1. The number of anilines is 1. The molecule has 0 aliphatic heterocycles. The number of carbonyl (C=O) groups excluding carboxylic acids is 1. The minimum absolute atomic E-state index is 0.00845. The number of nitrogens with two attached hydrogens (primary N) is 1. The summed E-state index contributed by atoms with van der Waals surface area (Å²) in [7, 11) is 0. The number of pyridine rings is 1. The number of rotatable bonds is 2. The van der Waals surface area contributed by atoms with Crippen LogP contribution in [0.5, 0.6) is 0 Å². The third kappa shape index (κ3) is 3.40. The molecule has 7 heteroatoms. The summed E-state index contributed by atoms with van der Waals surface area (Å²) in [6.45, 7) is 5.39. The summed E-state index contributed by atoms with van der Waals surface area (Å²) in [5.74, 6) is -0.511. The van der Waals surface area contributed by atoms with Crippen LogP contribution in [0.2, 0.25) is 0 Å². The van der Waals surface area contributed by atoms with Crippen LogP contribution in [-0.4, -0.2) is 21.4 Å². The molecule has 0 radical (unpaired) electrons. The van der Waals surface area contributed by atoms with Gasteiger partial charge < -0.3 is 11.1 Å². The summed E-state index contributed by atoms with van der Waals surface area (Å²) < 4.78 is 0. The fourth-order valence-corrected chi connectivity index (χ4v) is 1.15. The Hall–Kier alpha value is -2.18. The average Bonchev–Trinajstić information content (AvgIpc) is 2.14. The van der Waals surface area contributed by atoms with Gasteiger partial charge in [-0.2, -0.15) is 0 Å². The number of nitrogens with one attached hydrogen (secondary N) is 1. The largest absolute Gasteiger partial charge is 0.383 e. The normalized spacial score (nSPS) is 11.0. The van der Waals surface area contributed by atoms with Gasteiger partial charge in [0.1, 0.15) is 12.0 Å². The third-order valence-electron chi connectivity index (χ3n) is 1.85. The Balaban J connectivity index is 3.08. The maximum absolute atomic E-state index is 11.8. The molecule has 0 atom stereocenters. The van der Waals surface area contributed by atoms with E-state index in [2.05, 4.69) is 10.3 Å². The fraction of sp³-hybridized carbons (Fsp3) is 0.400. The molecule has 1 amide bonds. The van der Waals surface area contributed by atoms with Crippen LogP contribution < -0.4 is 11.1 Å². The number of amides is 1. The molecule has 0 spiro atoms. The maximum atomic E-state index is 11.8. The van der Waals surface area contributed by atoms with Crippen LogP contribution in [0, 0.1) is 10.1 Å². The first kappa shape index (κ1) is 12.9. The molecule has 1 heterocycles. The van der Waals surface area contributed by atoms with Crippen LogP contribution in [0.15, 0.2) is 12.3 Å². The standard InChI is InChI=1S/C10H14N4O3/c1-10(2,3)13-9(15)7-4-6(14(16)17)5-12-8(7)11/h4-5H,1-3H3,(H2,11,12)(H,13,15). The molecule has 3 N–H and O–H groups in total. The van der Waals surface area contributed by atoms with Crippen LogP contribution in [0.4, 0.5) is 11.5 Å². The molecule has 0 aliphatic rings. The first-order valence-corrected chi connectivity index (χ1v) is 4.93. The SMILES string of the molecule is CC(C)(C)NC(=O)c1cc([N+](=O)[O-])cnc1N. The number of aromatic nitrogens is 1. The van der Waals surface area contributed by atoms with Crippen molar-refractivity contribution in [2.75, 3.05) is 5.73 Å². The summed E-state index contributed by atoms with van der Waals surface area (Å²) in [5, 5.41) is 13.2. The Kier molecular flexibility index (Phi) is 3.31. The molecule has 0 saturated carbocycles. The third-order valence-corrected chi connectivity index (χ3v) is 1.85. The minimum atomic E-state index is -0.625. The van der Waals surface area contributed by atoms with Crippen molar-refractivity contribution in [1.82, 2.24) is 10.3 Å². The van der Waals surface area contributed by atoms with E-state index in [1.807, 2.05) is 0 Å². The zero-order chi connectivity index (χ0) is 13.2. The molecule has 0 aliphatic carbocycles. The zero-order valence-electron chi connectivity index (χ0n) is 9.85. The van der Waals surface area contributed by atoms with E-state index in [1.165, 1.54) is 0 Å². The number of nitrogens with zero attached hydrogens (tertiary/aromatic N) is 2. The maximum Gasteiger partial charge on any atom is 0.288 e. The monoisotopic (exact) mass is 238 g/mol. The number of nitro groups is 1. The van der Waals surface area contributed by atoms with Gasteiger partial charge >= 0.3 is 0 Å². The Morgan fingerprint density at radius 2 is 2.12 bits per heavy atom. The van der Waals surface area contributed by atoms with Gasteiger partial charge in [0.05, 0.1) is 10.5 Å². The lowest BCUT2D eigenvalue weighted by molar-refractivity contribution is -0.385. The first-order chi connectivity index (χ1) is 7.70. The van der Waals surface area contributed by atoms with Crippen molar-refractivity contribution in [1.29, 1.82) is 0 Å². The van der Waals surface area contributed by atoms with Gasteiger partial charge in [-0.25, -0.2) is 4.98 Å². The summed E-state index contributed by atoms with van der Waals surface area (Å²) in [4.78, 5) is 25.4. The van der Waals surface area contributed by atoms with E-state index in [1.54, 1.807) is 20.8 Å². The van der Waals surface area contributed by atoms with Crippen LogP contribution in [-0.2, 0) is 0 Å². The van der Waals surface area contributed by atoms with Gasteiger partial charge in [-0.05, 0) is 20.8 Å². The quantitative estimate of drug-likeness (QED) is 0.592. The average molecular weight is 238 g/mol. The highest BCUT2D eigenvalue weighted by Crippen LogP contribution is 2.17. The first-order valence-electron chi connectivity index (χ1n) is 4.93. The molecule has 1 aromatic heterocycles. The molecule has 0 bridgehead atoms. The second-order valence-corrected chi connectivity index (χ2v) is 4.59. The predicted molar refractivity (Wildman–Crippen MR) is 62.5 cm³/mol. The lowest BCUT2D eigenvalue weighted by Gasteiger charge is -2.20. The van der Waals surface area contributed by atoms with Gasteiger partial charge in [0.15, 0.2) is 0 Å². The highest BCUT2D eigenvalue weighted by atomic mass is 16.6. The molecule has 1 aromatic rings. The van der Waals surface area contributed by atoms with Crippen molar-refractivity contribution in [2.24, 2.45) is 0 Å². The van der Waals surface area contributed by atoms with Crippen molar-refractivity contribution in [2.45, 2.75) is 26.3 Å². The molecule has 0 aromatic carbocycles. The van der Waals surface area contributed by atoms with E-state index in [0.717, 1.165) is 12.3 Å². The van der Waals surface area contributed by atoms with E-state index in [4.69, 9.17) is 5.73 Å². The van der Waals surface area contributed by atoms with E-state index in [0.29, 0.717) is 0 Å². The number of hydrogen-bond donors (Lipinski definition) is 2. The Morgan fingerprint density at radius 1 is 1.53 bits per heavy atom. The van der Waals surface area contributed by atoms with Crippen molar-refractivity contribution < 1.29 is 9.72 Å². The summed E-state index contributed by atoms with van der Waals surface area (Å²) in [6, 6.07) is 1.11. The number of carbonyl (C=O) groups is 1. The van der Waals surface area contributed by atoms with Crippen molar-refractivity contribution >= 4 is 17.4 Å². The number of hydrogen-bond acceptors (Lipinski definition) is 5. The van der Waals surface area contributed by atoms with E-state index in [-0.39, 0.29) is 17.1 Å². The second-order valence-electron chi connectivity index (χ2n) is 4.59.